The van der Waals surface area contributed by atoms with Crippen LogP contribution in [0.25, 0.3) is 0 Å². The first-order valence-electron chi connectivity index (χ1n) is 7.43. The second-order valence-electron chi connectivity index (χ2n) is 5.59. The van der Waals surface area contributed by atoms with Gasteiger partial charge in [0.2, 0.25) is 0 Å². The molecular formula is C16H26N2O. The van der Waals surface area contributed by atoms with E-state index in [0.29, 0.717) is 12.1 Å². The third-order valence-electron chi connectivity index (χ3n) is 3.90. The van der Waals surface area contributed by atoms with E-state index in [1.165, 1.54) is 37.7 Å². The molecule has 0 amide bonds. The van der Waals surface area contributed by atoms with Crippen molar-refractivity contribution < 1.29 is 4.74 Å². The Morgan fingerprint density at radius 1 is 1.37 bits per heavy atom. The summed E-state index contributed by atoms with van der Waals surface area (Å²) in [6, 6.07) is 4.82. The molecular weight excluding hydrogens is 236 g/mol. The van der Waals surface area contributed by atoms with E-state index < -0.39 is 0 Å². The van der Waals surface area contributed by atoms with Gasteiger partial charge in [0, 0.05) is 24.0 Å². The van der Waals surface area contributed by atoms with Crippen LogP contribution in [0.1, 0.15) is 55.1 Å². The Morgan fingerprint density at radius 3 is 2.68 bits per heavy atom. The Bertz CT molecular complexity index is 379. The predicted molar refractivity (Wildman–Crippen MR) is 78.3 cm³/mol. The van der Waals surface area contributed by atoms with Crippen molar-refractivity contribution in [2.24, 2.45) is 0 Å². The van der Waals surface area contributed by atoms with E-state index in [2.05, 4.69) is 36.3 Å². The number of nitrogens with one attached hydrogen (secondary N) is 1. The van der Waals surface area contributed by atoms with Crippen molar-refractivity contribution in [2.75, 3.05) is 13.7 Å². The summed E-state index contributed by atoms with van der Waals surface area (Å²) in [5, 5.41) is 3.43. The molecule has 2 rings (SSSR count). The molecule has 2 unspecified atom stereocenters. The summed E-state index contributed by atoms with van der Waals surface area (Å²) in [5.74, 6) is 0. The molecule has 1 aliphatic rings. The molecule has 0 saturated carbocycles. The van der Waals surface area contributed by atoms with Crippen LogP contribution in [0.3, 0.4) is 0 Å². The molecule has 1 fully saturated rings. The van der Waals surface area contributed by atoms with Crippen LogP contribution in [0.2, 0.25) is 0 Å². The minimum absolute atomic E-state index is 0.432. The van der Waals surface area contributed by atoms with Gasteiger partial charge in [-0.3, -0.25) is 4.98 Å². The summed E-state index contributed by atoms with van der Waals surface area (Å²) >= 11 is 0. The van der Waals surface area contributed by atoms with Gasteiger partial charge in [-0.15, -0.1) is 0 Å². The van der Waals surface area contributed by atoms with Crippen LogP contribution in [0, 0.1) is 13.8 Å². The second-order valence-corrected chi connectivity index (χ2v) is 5.59. The highest BCUT2D eigenvalue weighted by Gasteiger charge is 2.16. The summed E-state index contributed by atoms with van der Waals surface area (Å²) in [7, 11) is 2.04. The minimum atomic E-state index is 0.432. The van der Waals surface area contributed by atoms with Gasteiger partial charge in [0.1, 0.15) is 0 Å². The fraction of sp³-hybridized carbons (Fsp3) is 0.688. The summed E-state index contributed by atoms with van der Waals surface area (Å²) in [5.41, 5.74) is 3.57. The van der Waals surface area contributed by atoms with Crippen molar-refractivity contribution in [3.8, 4) is 0 Å². The molecule has 0 radical (unpaired) electrons. The molecule has 1 aromatic rings. The molecule has 0 aromatic carbocycles. The maximum absolute atomic E-state index is 5.68. The first-order valence-corrected chi connectivity index (χ1v) is 7.43. The fourth-order valence-electron chi connectivity index (χ4n) is 2.97. The maximum atomic E-state index is 5.68. The smallest absolute Gasteiger partial charge is 0.0576 e. The van der Waals surface area contributed by atoms with Gasteiger partial charge in [-0.05, 0) is 70.7 Å². The lowest BCUT2D eigenvalue weighted by molar-refractivity contribution is 0.101. The molecule has 1 aliphatic heterocycles. The van der Waals surface area contributed by atoms with Gasteiger partial charge in [-0.2, -0.15) is 0 Å². The third kappa shape index (κ3) is 4.29. The summed E-state index contributed by atoms with van der Waals surface area (Å²) in [6.45, 7) is 5.09. The molecule has 106 valence electrons. The molecule has 0 bridgehead atoms. The highest BCUT2D eigenvalue weighted by Crippen LogP contribution is 2.23. The standard InChI is InChI=1S/C16H26N2O/c1-12-10-14(11-13(2)18-12)16(17-3)8-4-6-15-7-5-9-19-15/h10-11,15-17H,4-9H2,1-3H3. The molecule has 0 spiro atoms. The summed E-state index contributed by atoms with van der Waals surface area (Å²) in [6.07, 6.45) is 6.58. The van der Waals surface area contributed by atoms with Gasteiger partial charge in [0.15, 0.2) is 0 Å². The number of hydrogen-bond acceptors (Lipinski definition) is 3. The lowest BCUT2D eigenvalue weighted by Crippen LogP contribution is -2.17. The van der Waals surface area contributed by atoms with Crippen molar-refractivity contribution in [2.45, 2.75) is 58.1 Å². The van der Waals surface area contributed by atoms with E-state index >= 15 is 0 Å². The second kappa shape index (κ2) is 7.01. The Morgan fingerprint density at radius 2 is 2.11 bits per heavy atom. The van der Waals surface area contributed by atoms with E-state index in [9.17, 15) is 0 Å². The van der Waals surface area contributed by atoms with Crippen molar-refractivity contribution in [1.29, 1.82) is 0 Å². The number of ether oxygens (including phenoxy) is 1. The number of aryl methyl sites for hydroxylation is 2. The van der Waals surface area contributed by atoms with Gasteiger partial charge in [-0.25, -0.2) is 0 Å². The number of aromatic nitrogens is 1. The molecule has 3 heteroatoms. The summed E-state index contributed by atoms with van der Waals surface area (Å²) < 4.78 is 5.68. The highest BCUT2D eigenvalue weighted by atomic mass is 16.5. The van der Waals surface area contributed by atoms with Crippen molar-refractivity contribution in [3.63, 3.8) is 0 Å². The number of pyridine rings is 1. The molecule has 19 heavy (non-hydrogen) atoms. The topological polar surface area (TPSA) is 34.1 Å². The van der Waals surface area contributed by atoms with Crippen LogP contribution < -0.4 is 5.32 Å². The average Bonchev–Trinajstić information content (AvgIpc) is 2.86. The first-order chi connectivity index (χ1) is 9.19. The van der Waals surface area contributed by atoms with E-state index in [-0.39, 0.29) is 0 Å². The summed E-state index contributed by atoms with van der Waals surface area (Å²) in [4.78, 5) is 4.45. The van der Waals surface area contributed by atoms with E-state index in [0.717, 1.165) is 18.0 Å². The van der Waals surface area contributed by atoms with Crippen LogP contribution in [0.5, 0.6) is 0 Å². The van der Waals surface area contributed by atoms with Gasteiger partial charge >= 0.3 is 0 Å². The Balaban J connectivity index is 1.87. The molecule has 1 N–H and O–H groups in total. The maximum Gasteiger partial charge on any atom is 0.0576 e. The van der Waals surface area contributed by atoms with Crippen LogP contribution >= 0.6 is 0 Å². The lowest BCUT2D eigenvalue weighted by atomic mass is 9.99. The normalized spacial score (nSPS) is 20.7. The third-order valence-corrected chi connectivity index (χ3v) is 3.90. The van der Waals surface area contributed by atoms with Gasteiger partial charge < -0.3 is 10.1 Å². The number of rotatable bonds is 6. The highest BCUT2D eigenvalue weighted by molar-refractivity contribution is 5.23. The van der Waals surface area contributed by atoms with E-state index in [1.54, 1.807) is 0 Å². The van der Waals surface area contributed by atoms with Gasteiger partial charge in [0.05, 0.1) is 6.10 Å². The molecule has 3 nitrogen and oxygen atoms in total. The minimum Gasteiger partial charge on any atom is -0.378 e. The SMILES string of the molecule is CNC(CCCC1CCCO1)c1cc(C)nc(C)c1. The van der Waals surface area contributed by atoms with Crippen molar-refractivity contribution in [3.05, 3.63) is 29.1 Å². The Labute approximate surface area is 116 Å². The lowest BCUT2D eigenvalue weighted by Gasteiger charge is -2.18. The molecule has 1 aromatic heterocycles. The monoisotopic (exact) mass is 262 g/mol. The molecule has 2 atom stereocenters. The van der Waals surface area contributed by atoms with E-state index in [1.807, 2.05) is 7.05 Å². The van der Waals surface area contributed by atoms with Gasteiger partial charge in [0.25, 0.3) is 0 Å². The zero-order valence-electron chi connectivity index (χ0n) is 12.4. The van der Waals surface area contributed by atoms with Crippen LogP contribution in [-0.2, 0) is 4.74 Å². The van der Waals surface area contributed by atoms with Gasteiger partial charge in [-0.1, -0.05) is 0 Å². The average molecular weight is 262 g/mol. The number of nitrogens with zero attached hydrogens (tertiary/aromatic N) is 1. The number of hydrogen-bond donors (Lipinski definition) is 1. The first kappa shape index (κ1) is 14.5. The molecule has 1 saturated heterocycles. The van der Waals surface area contributed by atoms with Crippen LogP contribution in [0.15, 0.2) is 12.1 Å². The molecule has 0 aliphatic carbocycles. The zero-order chi connectivity index (χ0) is 13.7. The quantitative estimate of drug-likeness (QED) is 0.854. The molecule has 2 heterocycles. The zero-order valence-corrected chi connectivity index (χ0v) is 12.4. The van der Waals surface area contributed by atoms with Crippen molar-refractivity contribution in [1.82, 2.24) is 10.3 Å². The Hall–Kier alpha value is -0.930. The predicted octanol–water partition coefficient (Wildman–Crippen LogP) is 3.31. The van der Waals surface area contributed by atoms with Crippen LogP contribution in [-0.4, -0.2) is 24.7 Å². The van der Waals surface area contributed by atoms with E-state index in [4.69, 9.17) is 4.74 Å². The largest absolute Gasteiger partial charge is 0.378 e. The Kier molecular flexibility index (Phi) is 5.34. The van der Waals surface area contributed by atoms with Crippen LogP contribution in [0.4, 0.5) is 0 Å². The van der Waals surface area contributed by atoms with Crippen molar-refractivity contribution >= 4 is 0 Å². The fourth-order valence-corrected chi connectivity index (χ4v) is 2.97.